The SMILES string of the molecule is COc1cc(/C=C(\Sc2n[nH]c(C)n2)C(=O)O)cc(Cl)c1OCc1ccccc1. The third-order valence-electron chi connectivity index (χ3n) is 3.76. The minimum atomic E-state index is -1.10. The number of carbonyl (C=O) groups is 1. The Morgan fingerprint density at radius 1 is 1.31 bits per heavy atom. The van der Waals surface area contributed by atoms with Crippen LogP contribution in [0.25, 0.3) is 6.08 Å². The number of carboxylic acid groups (broad SMARTS) is 1. The standard InChI is InChI=1S/C20H18ClN3O4S/c1-12-22-20(24-23-12)29-17(19(25)26)10-14-8-15(21)18(16(9-14)27-2)28-11-13-6-4-3-5-7-13/h3-10H,11H2,1-2H3,(H,25,26)(H,22,23,24)/b17-10-. The Morgan fingerprint density at radius 2 is 2.07 bits per heavy atom. The lowest BCUT2D eigenvalue weighted by Crippen LogP contribution is -2.00. The predicted molar refractivity (Wildman–Crippen MR) is 111 cm³/mol. The summed E-state index contributed by atoms with van der Waals surface area (Å²) in [6.45, 7) is 2.06. The van der Waals surface area contributed by atoms with Gasteiger partial charge in [-0.15, -0.1) is 5.10 Å². The Labute approximate surface area is 176 Å². The Hall–Kier alpha value is -2.97. The lowest BCUT2D eigenvalue weighted by atomic mass is 10.2. The molecule has 0 fully saturated rings. The first-order valence-corrected chi connectivity index (χ1v) is 9.72. The van der Waals surface area contributed by atoms with Crippen molar-refractivity contribution in [2.75, 3.05) is 7.11 Å². The number of methoxy groups -OCH3 is 1. The van der Waals surface area contributed by atoms with Crippen molar-refractivity contribution in [1.82, 2.24) is 15.2 Å². The molecule has 0 amide bonds. The average Bonchev–Trinajstić information content (AvgIpc) is 3.11. The number of carboxylic acids is 1. The van der Waals surface area contributed by atoms with Crippen LogP contribution >= 0.6 is 23.4 Å². The Bertz CT molecular complexity index is 1040. The smallest absolute Gasteiger partial charge is 0.342 e. The van der Waals surface area contributed by atoms with Crippen molar-refractivity contribution in [2.24, 2.45) is 0 Å². The van der Waals surface area contributed by atoms with E-state index in [4.69, 9.17) is 21.1 Å². The number of aliphatic carboxylic acids is 1. The van der Waals surface area contributed by atoms with E-state index in [0.717, 1.165) is 17.3 Å². The van der Waals surface area contributed by atoms with Crippen molar-refractivity contribution in [2.45, 2.75) is 18.7 Å². The first-order valence-electron chi connectivity index (χ1n) is 8.52. The van der Waals surface area contributed by atoms with Crippen LogP contribution in [0.4, 0.5) is 0 Å². The number of benzene rings is 2. The van der Waals surface area contributed by atoms with Crippen molar-refractivity contribution in [1.29, 1.82) is 0 Å². The topological polar surface area (TPSA) is 97.3 Å². The summed E-state index contributed by atoms with van der Waals surface area (Å²) in [5.74, 6) is 0.297. The second-order valence-corrected chi connectivity index (χ2v) is 7.34. The largest absolute Gasteiger partial charge is 0.493 e. The Kier molecular flexibility index (Phi) is 6.79. The molecule has 7 nitrogen and oxygen atoms in total. The maximum atomic E-state index is 11.6. The molecule has 9 heteroatoms. The van der Waals surface area contributed by atoms with E-state index in [9.17, 15) is 9.90 Å². The first-order chi connectivity index (χ1) is 14.0. The third kappa shape index (κ3) is 5.52. The summed E-state index contributed by atoms with van der Waals surface area (Å²) in [5.41, 5.74) is 1.54. The van der Waals surface area contributed by atoms with E-state index >= 15 is 0 Å². The zero-order valence-corrected chi connectivity index (χ0v) is 17.3. The number of aromatic amines is 1. The second kappa shape index (κ2) is 9.49. The number of ether oxygens (including phenoxy) is 2. The van der Waals surface area contributed by atoms with Crippen molar-refractivity contribution in [3.63, 3.8) is 0 Å². The number of halogens is 1. The van der Waals surface area contributed by atoms with Gasteiger partial charge in [-0.25, -0.2) is 9.78 Å². The molecule has 2 aromatic carbocycles. The summed E-state index contributed by atoms with van der Waals surface area (Å²) in [7, 11) is 1.50. The van der Waals surface area contributed by atoms with Crippen molar-refractivity contribution < 1.29 is 19.4 Å². The van der Waals surface area contributed by atoms with Gasteiger partial charge < -0.3 is 14.6 Å². The minimum Gasteiger partial charge on any atom is -0.493 e. The molecule has 2 N–H and O–H groups in total. The number of aromatic nitrogens is 3. The minimum absolute atomic E-state index is 0.0417. The number of aryl methyl sites for hydroxylation is 1. The van der Waals surface area contributed by atoms with Gasteiger partial charge in [0.2, 0.25) is 5.16 Å². The second-order valence-electron chi connectivity index (χ2n) is 5.93. The molecule has 1 aromatic heterocycles. The van der Waals surface area contributed by atoms with E-state index in [1.165, 1.54) is 13.2 Å². The zero-order chi connectivity index (χ0) is 20.8. The quantitative estimate of drug-likeness (QED) is 0.398. The van der Waals surface area contributed by atoms with Gasteiger partial charge in [0.05, 0.1) is 12.1 Å². The van der Waals surface area contributed by atoms with Gasteiger partial charge in [0.25, 0.3) is 0 Å². The number of rotatable bonds is 8. The van der Waals surface area contributed by atoms with E-state index in [0.29, 0.717) is 39.7 Å². The number of hydrogen-bond acceptors (Lipinski definition) is 6. The van der Waals surface area contributed by atoms with Crippen LogP contribution in [0.5, 0.6) is 11.5 Å². The highest BCUT2D eigenvalue weighted by Gasteiger charge is 2.16. The van der Waals surface area contributed by atoms with Crippen molar-refractivity contribution in [3.05, 3.63) is 69.3 Å². The van der Waals surface area contributed by atoms with E-state index in [1.807, 2.05) is 30.3 Å². The molecule has 29 heavy (non-hydrogen) atoms. The summed E-state index contributed by atoms with van der Waals surface area (Å²) in [6, 6.07) is 12.9. The van der Waals surface area contributed by atoms with Crippen LogP contribution in [-0.4, -0.2) is 33.4 Å². The van der Waals surface area contributed by atoms with Gasteiger partial charge in [-0.1, -0.05) is 41.9 Å². The van der Waals surface area contributed by atoms with Crippen LogP contribution in [0.15, 0.2) is 52.5 Å². The van der Waals surface area contributed by atoms with Crippen molar-refractivity contribution in [3.8, 4) is 11.5 Å². The van der Waals surface area contributed by atoms with E-state index in [-0.39, 0.29) is 4.91 Å². The fourth-order valence-corrected chi connectivity index (χ4v) is 3.47. The number of hydrogen-bond donors (Lipinski definition) is 2. The maximum Gasteiger partial charge on any atom is 0.342 e. The molecule has 0 unspecified atom stereocenters. The van der Waals surface area contributed by atoms with Gasteiger partial charge in [0.1, 0.15) is 17.3 Å². The Balaban J connectivity index is 1.86. The monoisotopic (exact) mass is 431 g/mol. The fourth-order valence-electron chi connectivity index (χ4n) is 2.45. The summed E-state index contributed by atoms with van der Waals surface area (Å²) >= 11 is 7.32. The Morgan fingerprint density at radius 3 is 2.69 bits per heavy atom. The normalized spacial score (nSPS) is 11.3. The number of nitrogens with one attached hydrogen (secondary N) is 1. The summed E-state index contributed by atoms with van der Waals surface area (Å²) in [6.07, 6.45) is 1.48. The van der Waals surface area contributed by atoms with Gasteiger partial charge in [-0.05, 0) is 48.0 Å². The molecule has 150 valence electrons. The molecular weight excluding hydrogens is 414 g/mol. The van der Waals surface area contributed by atoms with Gasteiger partial charge >= 0.3 is 5.97 Å². The highest BCUT2D eigenvalue weighted by atomic mass is 35.5. The molecule has 0 atom stereocenters. The van der Waals surface area contributed by atoms with Crippen molar-refractivity contribution >= 4 is 35.4 Å². The molecule has 1 heterocycles. The number of H-pyrrole nitrogens is 1. The van der Waals surface area contributed by atoms with Gasteiger partial charge in [-0.2, -0.15) is 0 Å². The maximum absolute atomic E-state index is 11.6. The highest BCUT2D eigenvalue weighted by molar-refractivity contribution is 8.04. The molecule has 3 rings (SSSR count). The number of thioether (sulfide) groups is 1. The van der Waals surface area contributed by atoms with Crippen LogP contribution in [0.2, 0.25) is 5.02 Å². The molecule has 0 radical (unpaired) electrons. The van der Waals surface area contributed by atoms with Crippen LogP contribution < -0.4 is 9.47 Å². The van der Waals surface area contributed by atoms with E-state index in [1.54, 1.807) is 19.1 Å². The van der Waals surface area contributed by atoms with Gasteiger partial charge in [0.15, 0.2) is 11.5 Å². The predicted octanol–water partition coefficient (Wildman–Crippen LogP) is 4.57. The van der Waals surface area contributed by atoms with Crippen LogP contribution in [0, 0.1) is 6.92 Å². The van der Waals surface area contributed by atoms with Crippen LogP contribution in [0.1, 0.15) is 17.0 Å². The molecule has 0 saturated carbocycles. The molecule has 0 spiro atoms. The molecule has 0 aliphatic rings. The molecule has 0 bridgehead atoms. The first kappa shape index (κ1) is 20.8. The lowest BCUT2D eigenvalue weighted by Gasteiger charge is -2.13. The molecule has 3 aromatic rings. The third-order valence-corrected chi connectivity index (χ3v) is 4.92. The van der Waals surface area contributed by atoms with E-state index in [2.05, 4.69) is 15.2 Å². The molecule has 0 aliphatic carbocycles. The fraction of sp³-hybridized carbons (Fsp3) is 0.150. The summed E-state index contributed by atoms with van der Waals surface area (Å²) < 4.78 is 11.2. The van der Waals surface area contributed by atoms with E-state index < -0.39 is 5.97 Å². The highest BCUT2D eigenvalue weighted by Crippen LogP contribution is 2.38. The lowest BCUT2D eigenvalue weighted by molar-refractivity contribution is -0.131. The molecule has 0 saturated heterocycles. The summed E-state index contributed by atoms with van der Waals surface area (Å²) in [5, 5.41) is 16.8. The zero-order valence-electron chi connectivity index (χ0n) is 15.7. The van der Waals surface area contributed by atoms with Crippen LogP contribution in [-0.2, 0) is 11.4 Å². The van der Waals surface area contributed by atoms with Crippen LogP contribution in [0.3, 0.4) is 0 Å². The average molecular weight is 432 g/mol. The number of nitrogens with zero attached hydrogens (tertiary/aromatic N) is 2. The molecular formula is C20H18ClN3O4S. The molecule has 0 aliphatic heterocycles. The van der Waals surface area contributed by atoms with Gasteiger partial charge in [0, 0.05) is 0 Å². The summed E-state index contributed by atoms with van der Waals surface area (Å²) in [4.78, 5) is 15.8. The van der Waals surface area contributed by atoms with Gasteiger partial charge in [-0.3, -0.25) is 5.10 Å².